The molecule has 0 aromatic heterocycles. The molecule has 0 spiro atoms. The molecule has 0 aliphatic rings. The van der Waals surface area contributed by atoms with Gasteiger partial charge in [-0.2, -0.15) is 8.78 Å². The van der Waals surface area contributed by atoms with E-state index in [1.54, 1.807) is 24.3 Å². The molecule has 2 nitrogen and oxygen atoms in total. The fourth-order valence-corrected chi connectivity index (χ4v) is 4.62. The molecule has 0 heterocycles. The Labute approximate surface area is 215 Å². The number of unbranched alkanes of at least 4 members (excludes halogenated alkanes) is 3. The van der Waals surface area contributed by atoms with Gasteiger partial charge >= 0.3 is 6.11 Å². The molecule has 4 heteroatoms. The van der Waals surface area contributed by atoms with Crippen molar-refractivity contribution in [3.63, 3.8) is 0 Å². The molecule has 0 unspecified atom stereocenters. The van der Waals surface area contributed by atoms with Crippen LogP contribution in [0.2, 0.25) is 0 Å². The molecule has 3 aromatic carbocycles. The molecule has 3 aromatic rings. The van der Waals surface area contributed by atoms with Crippen molar-refractivity contribution in [2.75, 3.05) is 6.61 Å². The summed E-state index contributed by atoms with van der Waals surface area (Å²) in [5.41, 5.74) is 6.69. The van der Waals surface area contributed by atoms with Gasteiger partial charge in [-0.05, 0) is 103 Å². The second-order valence-electron chi connectivity index (χ2n) is 9.47. The maximum atomic E-state index is 15.0. The van der Waals surface area contributed by atoms with E-state index in [0.717, 1.165) is 80.0 Å². The van der Waals surface area contributed by atoms with E-state index in [9.17, 15) is 8.78 Å². The maximum absolute atomic E-state index is 15.0. The standard InChI is InChI=1S/C32H40F2O2/c1-4-7-11-24-13-16-28(17-14-24)32(33,34)36-29-18-20-31(27(6-3)23-29)30-19-15-25(22-26(30)5-2)12-9-8-10-21-35/h13-20,22-23,35H,4-12,21H2,1-3H3. The number of aliphatic hydroxyl groups excluding tert-OH is 1. The lowest BCUT2D eigenvalue weighted by molar-refractivity contribution is -0.185. The van der Waals surface area contributed by atoms with E-state index in [2.05, 4.69) is 32.0 Å². The Balaban J connectivity index is 1.79. The third kappa shape index (κ3) is 7.39. The lowest BCUT2D eigenvalue weighted by Crippen LogP contribution is -2.22. The Hall–Kier alpha value is -2.72. The number of benzene rings is 3. The highest BCUT2D eigenvalue weighted by molar-refractivity contribution is 5.72. The van der Waals surface area contributed by atoms with E-state index in [-0.39, 0.29) is 17.9 Å². The van der Waals surface area contributed by atoms with Gasteiger partial charge in [0.25, 0.3) is 0 Å². The Bertz CT molecular complexity index is 1090. The van der Waals surface area contributed by atoms with Crippen LogP contribution in [0.5, 0.6) is 5.75 Å². The first-order chi connectivity index (χ1) is 17.4. The van der Waals surface area contributed by atoms with Crippen molar-refractivity contribution in [1.29, 1.82) is 0 Å². The SMILES string of the molecule is CCCCc1ccc(C(F)(F)Oc2ccc(-c3ccc(CCCCCO)cc3CC)c(CC)c2)cc1. The largest absolute Gasteiger partial charge is 0.429 e. The van der Waals surface area contributed by atoms with Gasteiger partial charge in [-0.15, -0.1) is 0 Å². The monoisotopic (exact) mass is 494 g/mol. The van der Waals surface area contributed by atoms with E-state index in [1.165, 1.54) is 23.3 Å². The lowest BCUT2D eigenvalue weighted by Gasteiger charge is -2.20. The van der Waals surface area contributed by atoms with Crippen LogP contribution in [0.4, 0.5) is 8.78 Å². The molecule has 36 heavy (non-hydrogen) atoms. The molecule has 1 N–H and O–H groups in total. The highest BCUT2D eigenvalue weighted by atomic mass is 19.3. The van der Waals surface area contributed by atoms with Gasteiger partial charge in [0, 0.05) is 6.61 Å². The van der Waals surface area contributed by atoms with Crippen molar-refractivity contribution in [2.45, 2.75) is 84.7 Å². The summed E-state index contributed by atoms with van der Waals surface area (Å²) in [4.78, 5) is 0. The van der Waals surface area contributed by atoms with Gasteiger partial charge in [-0.3, -0.25) is 0 Å². The number of halogens is 2. The molecule has 0 aliphatic heterocycles. The number of aliphatic hydroxyl groups is 1. The number of ether oxygens (including phenoxy) is 1. The average molecular weight is 495 g/mol. The minimum absolute atomic E-state index is 0.132. The fraction of sp³-hybridized carbons (Fsp3) is 0.438. The molecule has 0 saturated heterocycles. The Kier molecular flexibility index (Phi) is 10.5. The van der Waals surface area contributed by atoms with Crippen molar-refractivity contribution in [2.24, 2.45) is 0 Å². The lowest BCUT2D eigenvalue weighted by atomic mass is 9.91. The summed E-state index contributed by atoms with van der Waals surface area (Å²) in [5, 5.41) is 8.98. The highest BCUT2D eigenvalue weighted by Gasteiger charge is 2.34. The molecule has 0 bridgehead atoms. The van der Waals surface area contributed by atoms with E-state index in [0.29, 0.717) is 0 Å². The number of aryl methyl sites for hydroxylation is 4. The quantitative estimate of drug-likeness (QED) is 0.227. The van der Waals surface area contributed by atoms with E-state index in [1.807, 2.05) is 13.0 Å². The number of hydrogen-bond donors (Lipinski definition) is 1. The molecule has 3 rings (SSSR count). The van der Waals surface area contributed by atoms with Gasteiger partial charge in [-0.25, -0.2) is 0 Å². The highest BCUT2D eigenvalue weighted by Crippen LogP contribution is 2.36. The van der Waals surface area contributed by atoms with Gasteiger partial charge in [-0.1, -0.05) is 70.0 Å². The molecular formula is C32H40F2O2. The van der Waals surface area contributed by atoms with Gasteiger partial charge < -0.3 is 9.84 Å². The summed E-state index contributed by atoms with van der Waals surface area (Å²) in [6, 6.07) is 18.4. The summed E-state index contributed by atoms with van der Waals surface area (Å²) in [6.45, 7) is 6.55. The van der Waals surface area contributed by atoms with E-state index in [4.69, 9.17) is 9.84 Å². The first-order valence-corrected chi connectivity index (χ1v) is 13.4. The van der Waals surface area contributed by atoms with Crippen LogP contribution in [0.1, 0.15) is 80.7 Å². The van der Waals surface area contributed by atoms with Gasteiger partial charge in [0.15, 0.2) is 0 Å². The van der Waals surface area contributed by atoms with Crippen LogP contribution in [-0.2, 0) is 31.8 Å². The predicted octanol–water partition coefficient (Wildman–Crippen LogP) is 8.65. The fourth-order valence-electron chi connectivity index (χ4n) is 4.62. The van der Waals surface area contributed by atoms with Crippen molar-refractivity contribution < 1.29 is 18.6 Å². The Morgan fingerprint density at radius 3 is 1.94 bits per heavy atom. The van der Waals surface area contributed by atoms with Crippen LogP contribution < -0.4 is 4.74 Å². The van der Waals surface area contributed by atoms with Gasteiger partial charge in [0.1, 0.15) is 5.75 Å². The minimum Gasteiger partial charge on any atom is -0.429 e. The topological polar surface area (TPSA) is 29.5 Å². The van der Waals surface area contributed by atoms with Gasteiger partial charge in [0.2, 0.25) is 0 Å². The summed E-state index contributed by atoms with van der Waals surface area (Å²) in [5.74, 6) is 0.175. The zero-order valence-corrected chi connectivity index (χ0v) is 22.0. The normalized spacial score (nSPS) is 11.6. The van der Waals surface area contributed by atoms with Crippen molar-refractivity contribution >= 4 is 0 Å². The summed E-state index contributed by atoms with van der Waals surface area (Å²) >= 11 is 0. The van der Waals surface area contributed by atoms with Crippen LogP contribution >= 0.6 is 0 Å². The third-order valence-corrected chi connectivity index (χ3v) is 6.78. The van der Waals surface area contributed by atoms with Crippen molar-refractivity contribution in [3.8, 4) is 16.9 Å². The smallest absolute Gasteiger partial charge is 0.426 e. The molecule has 0 radical (unpaired) electrons. The number of alkyl halides is 2. The van der Waals surface area contributed by atoms with Crippen LogP contribution in [0.3, 0.4) is 0 Å². The van der Waals surface area contributed by atoms with Gasteiger partial charge in [0.05, 0.1) is 5.56 Å². The zero-order valence-electron chi connectivity index (χ0n) is 22.0. The Morgan fingerprint density at radius 2 is 1.31 bits per heavy atom. The Morgan fingerprint density at radius 1 is 0.694 bits per heavy atom. The predicted molar refractivity (Wildman–Crippen MR) is 145 cm³/mol. The molecule has 0 fully saturated rings. The molecule has 0 atom stereocenters. The molecule has 0 amide bonds. The summed E-state index contributed by atoms with van der Waals surface area (Å²) in [7, 11) is 0. The molecular weight excluding hydrogens is 454 g/mol. The molecule has 194 valence electrons. The average Bonchev–Trinajstić information content (AvgIpc) is 2.90. The first-order valence-electron chi connectivity index (χ1n) is 13.4. The maximum Gasteiger partial charge on any atom is 0.426 e. The second kappa shape index (κ2) is 13.5. The molecule has 0 saturated carbocycles. The summed E-state index contributed by atoms with van der Waals surface area (Å²) < 4.78 is 35.2. The minimum atomic E-state index is -3.40. The van der Waals surface area contributed by atoms with Crippen LogP contribution in [0.25, 0.3) is 11.1 Å². The van der Waals surface area contributed by atoms with Crippen molar-refractivity contribution in [3.05, 3.63) is 88.5 Å². The first kappa shape index (κ1) is 27.9. The zero-order chi connectivity index (χ0) is 26.0. The van der Waals surface area contributed by atoms with Crippen LogP contribution in [-0.4, -0.2) is 11.7 Å². The van der Waals surface area contributed by atoms with Crippen molar-refractivity contribution in [1.82, 2.24) is 0 Å². The molecule has 0 aliphatic carbocycles. The second-order valence-corrected chi connectivity index (χ2v) is 9.47. The number of rotatable bonds is 14. The number of hydrogen-bond acceptors (Lipinski definition) is 2. The van der Waals surface area contributed by atoms with E-state index >= 15 is 0 Å². The van der Waals surface area contributed by atoms with E-state index < -0.39 is 6.11 Å². The van der Waals surface area contributed by atoms with Crippen LogP contribution in [0, 0.1) is 0 Å². The summed E-state index contributed by atoms with van der Waals surface area (Å²) in [6.07, 6.45) is 5.16. The van der Waals surface area contributed by atoms with Crippen LogP contribution in [0.15, 0.2) is 60.7 Å². The third-order valence-electron chi connectivity index (χ3n) is 6.78.